The molecule has 0 bridgehead atoms. The molecule has 3 N–H and O–H groups in total. The van der Waals surface area contributed by atoms with Crippen molar-refractivity contribution in [3.63, 3.8) is 0 Å². The molecule has 2 atom stereocenters. The van der Waals surface area contributed by atoms with E-state index in [1.807, 2.05) is 0 Å². The molecule has 1 saturated heterocycles. The van der Waals surface area contributed by atoms with E-state index in [2.05, 4.69) is 20.8 Å². The van der Waals surface area contributed by atoms with Gasteiger partial charge in [0, 0.05) is 13.0 Å². The van der Waals surface area contributed by atoms with Gasteiger partial charge in [0.15, 0.2) is 0 Å². The van der Waals surface area contributed by atoms with Gasteiger partial charge >= 0.3 is 5.97 Å². The van der Waals surface area contributed by atoms with E-state index >= 15 is 0 Å². The molecule has 5 nitrogen and oxygen atoms in total. The van der Waals surface area contributed by atoms with E-state index in [1.165, 1.54) is 0 Å². The molecule has 0 radical (unpaired) electrons. The van der Waals surface area contributed by atoms with Crippen molar-refractivity contribution >= 4 is 11.9 Å². The Bertz CT molecular complexity index is 389. The average molecular weight is 298 g/mol. The quantitative estimate of drug-likeness (QED) is 0.787. The van der Waals surface area contributed by atoms with Crippen LogP contribution in [0.25, 0.3) is 0 Å². The fourth-order valence-corrected chi connectivity index (χ4v) is 3.23. The maximum absolute atomic E-state index is 12.4. The lowest BCUT2D eigenvalue weighted by Crippen LogP contribution is -2.50. The first kappa shape index (κ1) is 18.0. The summed E-state index contributed by atoms with van der Waals surface area (Å²) < 4.78 is 0. The van der Waals surface area contributed by atoms with E-state index in [-0.39, 0.29) is 11.3 Å². The Morgan fingerprint density at radius 2 is 1.95 bits per heavy atom. The zero-order chi connectivity index (χ0) is 16.3. The predicted octanol–water partition coefficient (Wildman–Crippen LogP) is 2.24. The van der Waals surface area contributed by atoms with Crippen LogP contribution in [-0.2, 0) is 9.59 Å². The highest BCUT2D eigenvalue weighted by Gasteiger charge is 2.45. The van der Waals surface area contributed by atoms with Gasteiger partial charge in [-0.15, -0.1) is 0 Å². The zero-order valence-electron chi connectivity index (χ0n) is 13.8. The fraction of sp³-hybridized carbons (Fsp3) is 0.875. The van der Waals surface area contributed by atoms with Crippen molar-refractivity contribution in [2.45, 2.75) is 65.3 Å². The molecule has 2 unspecified atom stereocenters. The Labute approximate surface area is 127 Å². The summed E-state index contributed by atoms with van der Waals surface area (Å²) in [5.41, 5.74) is 4.75. The van der Waals surface area contributed by atoms with E-state index in [9.17, 15) is 14.7 Å². The minimum absolute atomic E-state index is 0.0383. The Morgan fingerprint density at radius 3 is 2.43 bits per heavy atom. The number of carboxylic acids is 1. The molecule has 0 aliphatic carbocycles. The summed E-state index contributed by atoms with van der Waals surface area (Å²) in [4.78, 5) is 25.4. The van der Waals surface area contributed by atoms with Gasteiger partial charge in [0.05, 0.1) is 0 Å². The first-order chi connectivity index (χ1) is 9.63. The van der Waals surface area contributed by atoms with Crippen LogP contribution in [0.3, 0.4) is 0 Å². The number of likely N-dealkylation sites (tertiary alicyclic amines) is 1. The number of rotatable bonds is 6. The van der Waals surface area contributed by atoms with Crippen molar-refractivity contribution in [1.29, 1.82) is 0 Å². The van der Waals surface area contributed by atoms with Gasteiger partial charge in [-0.2, -0.15) is 0 Å². The smallest absolute Gasteiger partial charge is 0.329 e. The van der Waals surface area contributed by atoms with Crippen molar-refractivity contribution < 1.29 is 14.7 Å². The molecule has 1 fully saturated rings. The molecule has 122 valence electrons. The number of amides is 1. The Balaban J connectivity index is 2.66. The number of nitrogens with two attached hydrogens (primary N) is 1. The lowest BCUT2D eigenvalue weighted by molar-refractivity contribution is -0.155. The molecule has 1 amide bonds. The van der Waals surface area contributed by atoms with Crippen LogP contribution >= 0.6 is 0 Å². The van der Waals surface area contributed by atoms with Gasteiger partial charge in [-0.25, -0.2) is 4.79 Å². The van der Waals surface area contributed by atoms with E-state index in [0.717, 1.165) is 19.3 Å². The van der Waals surface area contributed by atoms with Crippen LogP contribution in [0, 0.1) is 11.3 Å². The Hall–Kier alpha value is -1.10. The molecular formula is C16H30N2O3. The molecule has 5 heteroatoms. The minimum Gasteiger partial charge on any atom is -0.480 e. The summed E-state index contributed by atoms with van der Waals surface area (Å²) in [6.45, 7) is 9.31. The van der Waals surface area contributed by atoms with Gasteiger partial charge in [-0.1, -0.05) is 20.8 Å². The first-order valence-electron chi connectivity index (χ1n) is 7.87. The molecule has 0 aromatic rings. The summed E-state index contributed by atoms with van der Waals surface area (Å²) >= 11 is 0. The molecule has 1 aliphatic rings. The summed E-state index contributed by atoms with van der Waals surface area (Å²) in [7, 11) is 0. The monoisotopic (exact) mass is 298 g/mol. The van der Waals surface area contributed by atoms with Gasteiger partial charge in [0.25, 0.3) is 0 Å². The van der Waals surface area contributed by atoms with Crippen LogP contribution in [0.1, 0.15) is 59.8 Å². The largest absolute Gasteiger partial charge is 0.480 e. The highest BCUT2D eigenvalue weighted by Crippen LogP contribution is 2.34. The number of carbonyl (C=O) groups is 2. The van der Waals surface area contributed by atoms with Crippen LogP contribution in [0.5, 0.6) is 0 Å². The van der Waals surface area contributed by atoms with Gasteiger partial charge < -0.3 is 15.7 Å². The molecule has 1 heterocycles. The second-order valence-corrected chi connectivity index (χ2v) is 7.41. The normalized spacial score (nSPS) is 24.1. The number of hydrogen-bond acceptors (Lipinski definition) is 3. The zero-order valence-corrected chi connectivity index (χ0v) is 13.8. The van der Waals surface area contributed by atoms with E-state index < -0.39 is 11.5 Å². The van der Waals surface area contributed by atoms with Crippen LogP contribution in [0.4, 0.5) is 0 Å². The van der Waals surface area contributed by atoms with E-state index in [1.54, 1.807) is 11.8 Å². The first-order valence-corrected chi connectivity index (χ1v) is 7.87. The van der Waals surface area contributed by atoms with Gasteiger partial charge in [-0.05, 0) is 50.5 Å². The van der Waals surface area contributed by atoms with Crippen LogP contribution in [-0.4, -0.2) is 40.5 Å². The topological polar surface area (TPSA) is 83.6 Å². The molecule has 1 aliphatic heterocycles. The van der Waals surface area contributed by atoms with Gasteiger partial charge in [0.1, 0.15) is 5.54 Å². The highest BCUT2D eigenvalue weighted by atomic mass is 16.4. The standard InChI is InChI=1S/C16H30N2O3/c1-15(2,3)12(8-10-17)6-7-13(19)18-11-5-9-16(18,4)14(20)21/h12H,5-11,17H2,1-4H3,(H,20,21). The molecule has 21 heavy (non-hydrogen) atoms. The predicted molar refractivity (Wildman–Crippen MR) is 82.8 cm³/mol. The third kappa shape index (κ3) is 4.19. The molecule has 0 spiro atoms. The number of carbonyl (C=O) groups excluding carboxylic acids is 1. The highest BCUT2D eigenvalue weighted by molar-refractivity contribution is 5.87. The van der Waals surface area contributed by atoms with Gasteiger partial charge in [0.2, 0.25) is 5.91 Å². The molecule has 1 rings (SSSR count). The maximum Gasteiger partial charge on any atom is 0.329 e. The SMILES string of the molecule is CC(C)(C)C(CCN)CCC(=O)N1CCCC1(C)C(=O)O. The third-order valence-corrected chi connectivity index (χ3v) is 4.85. The molecular weight excluding hydrogens is 268 g/mol. The van der Waals surface area contributed by atoms with Gasteiger partial charge in [-0.3, -0.25) is 4.79 Å². The number of nitrogens with zero attached hydrogens (tertiary/aromatic N) is 1. The number of hydrogen-bond donors (Lipinski definition) is 2. The number of aliphatic carboxylic acids is 1. The Kier molecular flexibility index (Phi) is 5.79. The third-order valence-electron chi connectivity index (χ3n) is 4.85. The van der Waals surface area contributed by atoms with Crippen LogP contribution in [0.15, 0.2) is 0 Å². The minimum atomic E-state index is -1.03. The average Bonchev–Trinajstić information content (AvgIpc) is 2.76. The maximum atomic E-state index is 12.4. The summed E-state index contributed by atoms with van der Waals surface area (Å²) in [6, 6.07) is 0. The van der Waals surface area contributed by atoms with Crippen LogP contribution < -0.4 is 5.73 Å². The summed E-state index contributed by atoms with van der Waals surface area (Å²) in [5.74, 6) is -0.559. The van der Waals surface area contributed by atoms with Crippen molar-refractivity contribution in [1.82, 2.24) is 4.90 Å². The summed E-state index contributed by atoms with van der Waals surface area (Å²) in [5, 5.41) is 9.37. The van der Waals surface area contributed by atoms with Crippen molar-refractivity contribution in [2.75, 3.05) is 13.1 Å². The van der Waals surface area contributed by atoms with Crippen molar-refractivity contribution in [2.24, 2.45) is 17.1 Å². The lowest BCUT2D eigenvalue weighted by atomic mass is 9.76. The van der Waals surface area contributed by atoms with Crippen molar-refractivity contribution in [3.8, 4) is 0 Å². The second kappa shape index (κ2) is 6.77. The van der Waals surface area contributed by atoms with E-state index in [4.69, 9.17) is 5.73 Å². The molecule has 0 aromatic heterocycles. The fourth-order valence-electron chi connectivity index (χ4n) is 3.23. The second-order valence-electron chi connectivity index (χ2n) is 7.41. The van der Waals surface area contributed by atoms with Crippen LogP contribution in [0.2, 0.25) is 0 Å². The van der Waals surface area contributed by atoms with Crippen molar-refractivity contribution in [3.05, 3.63) is 0 Å². The summed E-state index contributed by atoms with van der Waals surface area (Å²) in [6.07, 6.45) is 3.38. The number of carboxylic acid groups (broad SMARTS) is 1. The van der Waals surface area contributed by atoms with E-state index in [0.29, 0.717) is 31.8 Å². The molecule has 0 saturated carbocycles. The Morgan fingerprint density at radius 1 is 1.33 bits per heavy atom. The lowest BCUT2D eigenvalue weighted by Gasteiger charge is -2.34. The molecule has 0 aromatic carbocycles.